The molecule has 2 aliphatic rings. The number of benzene rings is 5. The van der Waals surface area contributed by atoms with E-state index in [1.54, 1.807) is 72.8 Å². The number of fused-ring (bicyclic) bond motifs is 6. The summed E-state index contributed by atoms with van der Waals surface area (Å²) in [6.45, 7) is 0. The molecule has 0 saturated heterocycles. The van der Waals surface area contributed by atoms with Gasteiger partial charge in [-0.3, -0.25) is 0 Å². The van der Waals surface area contributed by atoms with Crippen LogP contribution in [0.3, 0.4) is 0 Å². The molecule has 0 bridgehead atoms. The lowest BCUT2D eigenvalue weighted by Gasteiger charge is -2.20. The van der Waals surface area contributed by atoms with Crippen LogP contribution in [0, 0.1) is 51.7 Å². The number of nitriles is 2. The molecule has 0 unspecified atom stereocenters. The molecule has 5 aromatic carbocycles. The van der Waals surface area contributed by atoms with Gasteiger partial charge >= 0.3 is 0 Å². The summed E-state index contributed by atoms with van der Waals surface area (Å²) in [6, 6.07) is 27.0. The third-order valence-electron chi connectivity index (χ3n) is 9.20. The largest absolute Gasteiger partial charge is 0.309 e. The van der Waals surface area contributed by atoms with Gasteiger partial charge in [0.25, 0.3) is 0 Å². The van der Waals surface area contributed by atoms with Crippen molar-refractivity contribution in [1.29, 1.82) is 10.5 Å². The fourth-order valence-corrected chi connectivity index (χ4v) is 12.3. The van der Waals surface area contributed by atoms with Gasteiger partial charge in [0, 0.05) is 32.6 Å². The summed E-state index contributed by atoms with van der Waals surface area (Å²) in [5.74, 6) is -12.8. The van der Waals surface area contributed by atoms with Crippen LogP contribution >= 0.6 is 7.14 Å². The first kappa shape index (κ1) is 35.7. The van der Waals surface area contributed by atoms with Gasteiger partial charge in [0.2, 0.25) is 25.5 Å². The second-order valence-corrected chi connectivity index (χ2v) is 18.6. The van der Waals surface area contributed by atoms with E-state index in [0.29, 0.717) is 10.6 Å². The minimum atomic E-state index is -5.51. The molecule has 8 rings (SSSR count). The fraction of sp³-hybridized carbons (Fsp3) is 0. The van der Waals surface area contributed by atoms with E-state index >= 15 is 4.57 Å². The van der Waals surface area contributed by atoms with Crippen LogP contribution in [0.4, 0.5) is 22.0 Å². The summed E-state index contributed by atoms with van der Waals surface area (Å²) in [5, 5.41) is 20.5. The van der Waals surface area contributed by atoms with Gasteiger partial charge in [-0.2, -0.15) is 10.5 Å². The molecule has 0 fully saturated rings. The topological polar surface area (TPSA) is 159 Å². The van der Waals surface area contributed by atoms with E-state index in [-0.39, 0.29) is 49.5 Å². The Morgan fingerprint density at radius 1 is 0.618 bits per heavy atom. The molecule has 0 saturated carbocycles. The van der Waals surface area contributed by atoms with E-state index in [4.69, 9.17) is 0 Å². The summed E-state index contributed by atoms with van der Waals surface area (Å²) in [5.41, 5.74) is -2.07. The highest BCUT2D eigenvalue weighted by Crippen LogP contribution is 2.51. The van der Waals surface area contributed by atoms with Crippen molar-refractivity contribution >= 4 is 48.3 Å². The Bertz CT molecular complexity index is 3040. The van der Waals surface area contributed by atoms with Gasteiger partial charge in [0.15, 0.2) is 35.4 Å². The highest BCUT2D eigenvalue weighted by molar-refractivity contribution is 7.92. The molecule has 270 valence electrons. The highest BCUT2D eigenvalue weighted by atomic mass is 32.2. The van der Waals surface area contributed by atoms with Crippen LogP contribution in [0.1, 0.15) is 11.3 Å². The van der Waals surface area contributed by atoms with E-state index in [1.165, 1.54) is 18.2 Å². The van der Waals surface area contributed by atoms with Crippen LogP contribution in [0.5, 0.6) is 0 Å². The van der Waals surface area contributed by atoms with Gasteiger partial charge in [-0.15, -0.1) is 0 Å². The van der Waals surface area contributed by atoms with Crippen LogP contribution < -0.4 is 15.9 Å². The van der Waals surface area contributed by atoms with Gasteiger partial charge in [0.05, 0.1) is 15.5 Å². The number of hydrogen-bond donors (Lipinski definition) is 0. The van der Waals surface area contributed by atoms with Gasteiger partial charge in [0.1, 0.15) is 34.0 Å². The molecular formula is C38H16F5N4O5PS2. The molecule has 17 heteroatoms. The van der Waals surface area contributed by atoms with E-state index < -0.39 is 76.3 Å². The van der Waals surface area contributed by atoms with Crippen molar-refractivity contribution in [3.8, 4) is 34.7 Å². The molecule has 55 heavy (non-hydrogen) atoms. The normalized spacial score (nSPS) is 13.6. The number of nitrogens with zero attached hydrogens (tertiary/aromatic N) is 4. The SMILES string of the molecule is N#CC(C#N)=C1c2cc(S(=O)(=O)c3c(F)c(F)c(F)c(F)c3F)ccc2-c2nc3c(nc21)-c1cc(P(=O)(c2ccccc2)c2ccccc2)ccc1S3(=O)=O. The van der Waals surface area contributed by atoms with Crippen molar-refractivity contribution in [3.05, 3.63) is 143 Å². The summed E-state index contributed by atoms with van der Waals surface area (Å²) >= 11 is 0. The summed E-state index contributed by atoms with van der Waals surface area (Å²) in [7, 11) is -13.6. The van der Waals surface area contributed by atoms with Gasteiger partial charge < -0.3 is 4.57 Å². The second kappa shape index (κ2) is 12.4. The minimum absolute atomic E-state index is 0.00441. The molecule has 6 aromatic rings. The second-order valence-electron chi connectivity index (χ2n) is 12.1. The Labute approximate surface area is 308 Å². The van der Waals surface area contributed by atoms with Crippen molar-refractivity contribution in [2.75, 3.05) is 0 Å². The van der Waals surface area contributed by atoms with Crippen molar-refractivity contribution < 1.29 is 43.4 Å². The third kappa shape index (κ3) is 4.96. The van der Waals surface area contributed by atoms with Crippen LogP contribution in [0.25, 0.3) is 28.1 Å². The van der Waals surface area contributed by atoms with Crippen molar-refractivity contribution in [2.24, 2.45) is 0 Å². The minimum Gasteiger partial charge on any atom is -0.309 e. The van der Waals surface area contributed by atoms with Gasteiger partial charge in [-0.05, 0) is 35.9 Å². The first-order chi connectivity index (χ1) is 26.2. The Balaban J connectivity index is 1.35. The third-order valence-corrected chi connectivity index (χ3v) is 15.8. The maximum absolute atomic E-state index is 15.1. The Hall–Kier alpha value is -6.32. The first-order valence-corrected chi connectivity index (χ1v) is 20.3. The zero-order valence-electron chi connectivity index (χ0n) is 27.2. The molecule has 0 amide bonds. The van der Waals surface area contributed by atoms with Crippen LogP contribution in [-0.4, -0.2) is 26.8 Å². The van der Waals surface area contributed by atoms with E-state index in [2.05, 4.69) is 9.97 Å². The molecule has 0 atom stereocenters. The smallest absolute Gasteiger partial charge is 0.226 e. The van der Waals surface area contributed by atoms with E-state index in [0.717, 1.165) is 18.2 Å². The summed E-state index contributed by atoms with van der Waals surface area (Å²) in [6.07, 6.45) is 0. The predicted octanol–water partition coefficient (Wildman–Crippen LogP) is 6.29. The number of rotatable bonds is 5. The predicted molar refractivity (Wildman–Crippen MR) is 187 cm³/mol. The molecule has 0 N–H and O–H groups in total. The Morgan fingerprint density at radius 2 is 1.18 bits per heavy atom. The zero-order valence-corrected chi connectivity index (χ0v) is 29.7. The number of allylic oxidation sites excluding steroid dienone is 1. The van der Waals surface area contributed by atoms with E-state index in [9.17, 15) is 49.3 Å². The molecule has 2 heterocycles. The maximum atomic E-state index is 15.1. The summed E-state index contributed by atoms with van der Waals surface area (Å²) < 4.78 is 141. The van der Waals surface area contributed by atoms with Crippen molar-refractivity contribution in [3.63, 3.8) is 0 Å². The standard InChI is InChI=1S/C38H16F5N4O5PS2/c39-29-30(40)32(42)37(33(43)31(29)41)54(49,50)23-12-13-24-25(16-23)28(19(17-44)18-45)36-34(24)47-38-35(46-36)26-15-22(11-14-27(26)55(38,51)52)53(48,20-7-3-1-4-8-20)21-9-5-2-6-10-21/h1-16H. The highest BCUT2D eigenvalue weighted by Gasteiger charge is 2.43. The lowest BCUT2D eigenvalue weighted by atomic mass is 10.0. The quantitative estimate of drug-likeness (QED) is 0.0488. The average Bonchev–Trinajstić information content (AvgIpc) is 3.63. The monoisotopic (exact) mass is 798 g/mol. The average molecular weight is 799 g/mol. The molecule has 1 aliphatic carbocycles. The first-order valence-electron chi connectivity index (χ1n) is 15.7. The lowest BCUT2D eigenvalue weighted by Crippen LogP contribution is -2.25. The Morgan fingerprint density at radius 3 is 1.75 bits per heavy atom. The molecule has 0 spiro atoms. The van der Waals surface area contributed by atoms with Crippen LogP contribution in [0.2, 0.25) is 0 Å². The molecule has 9 nitrogen and oxygen atoms in total. The van der Waals surface area contributed by atoms with Crippen LogP contribution in [0.15, 0.2) is 122 Å². The number of hydrogen-bond acceptors (Lipinski definition) is 9. The summed E-state index contributed by atoms with van der Waals surface area (Å²) in [4.78, 5) is 5.58. The fourth-order valence-electron chi connectivity index (χ4n) is 6.67. The van der Waals surface area contributed by atoms with Gasteiger partial charge in [-0.1, -0.05) is 66.7 Å². The number of sulfone groups is 2. The van der Waals surface area contributed by atoms with E-state index in [1.807, 2.05) is 0 Å². The molecule has 1 aromatic heterocycles. The Kier molecular flexibility index (Phi) is 8.02. The van der Waals surface area contributed by atoms with Gasteiger partial charge in [-0.25, -0.2) is 48.8 Å². The van der Waals surface area contributed by atoms with Crippen LogP contribution in [-0.2, 0) is 24.2 Å². The van der Waals surface area contributed by atoms with Crippen molar-refractivity contribution in [1.82, 2.24) is 9.97 Å². The number of halogens is 5. The van der Waals surface area contributed by atoms with Crippen molar-refractivity contribution in [2.45, 2.75) is 19.7 Å². The zero-order chi connectivity index (χ0) is 39.2. The molecular weight excluding hydrogens is 783 g/mol. The lowest BCUT2D eigenvalue weighted by molar-refractivity contribution is 0.357. The number of aromatic nitrogens is 2. The molecule has 1 aliphatic heterocycles. The maximum Gasteiger partial charge on any atom is 0.226 e. The molecule has 0 radical (unpaired) electrons.